The highest BCUT2D eigenvalue weighted by Crippen LogP contribution is 2.23. The average Bonchev–Trinajstić information content (AvgIpc) is 3.08. The highest BCUT2D eigenvalue weighted by Gasteiger charge is 2.20. The maximum atomic E-state index is 12.4. The fourth-order valence-electron chi connectivity index (χ4n) is 2.54. The number of amides is 1. The van der Waals surface area contributed by atoms with Crippen molar-refractivity contribution in [2.24, 2.45) is 0 Å². The number of aromatic nitrogens is 3. The van der Waals surface area contributed by atoms with Crippen molar-refractivity contribution in [2.75, 3.05) is 18.6 Å². The SMILES string of the molecule is CSCCC(NC(=O)COc1ccccc1Cl)c1nnc2ccccn12. The van der Waals surface area contributed by atoms with Crippen LogP contribution in [-0.4, -0.2) is 39.1 Å². The number of hydrogen-bond donors (Lipinski definition) is 1. The van der Waals surface area contributed by atoms with Gasteiger partial charge in [0.1, 0.15) is 5.75 Å². The Morgan fingerprint density at radius 1 is 1.27 bits per heavy atom. The van der Waals surface area contributed by atoms with Gasteiger partial charge in [-0.15, -0.1) is 10.2 Å². The van der Waals surface area contributed by atoms with Crippen LogP contribution >= 0.6 is 23.4 Å². The van der Waals surface area contributed by atoms with Crippen LogP contribution in [0.3, 0.4) is 0 Å². The van der Waals surface area contributed by atoms with E-state index in [4.69, 9.17) is 16.3 Å². The Labute approximate surface area is 160 Å². The zero-order chi connectivity index (χ0) is 18.4. The molecule has 0 fully saturated rings. The highest BCUT2D eigenvalue weighted by atomic mass is 35.5. The van der Waals surface area contributed by atoms with Gasteiger partial charge in [-0.25, -0.2) is 0 Å². The molecule has 3 aromatic rings. The van der Waals surface area contributed by atoms with Crippen molar-refractivity contribution in [1.82, 2.24) is 19.9 Å². The van der Waals surface area contributed by atoms with E-state index in [9.17, 15) is 4.79 Å². The third-order valence-electron chi connectivity index (χ3n) is 3.79. The number of thioether (sulfide) groups is 1. The van der Waals surface area contributed by atoms with Gasteiger partial charge in [0.2, 0.25) is 0 Å². The molecule has 0 radical (unpaired) electrons. The van der Waals surface area contributed by atoms with E-state index in [2.05, 4.69) is 15.5 Å². The van der Waals surface area contributed by atoms with Crippen LogP contribution in [0, 0.1) is 0 Å². The Morgan fingerprint density at radius 3 is 2.88 bits per heavy atom. The largest absolute Gasteiger partial charge is 0.482 e. The van der Waals surface area contributed by atoms with Crippen molar-refractivity contribution in [3.8, 4) is 5.75 Å². The summed E-state index contributed by atoms with van der Waals surface area (Å²) >= 11 is 7.76. The zero-order valence-corrected chi connectivity index (χ0v) is 15.8. The summed E-state index contributed by atoms with van der Waals surface area (Å²) in [6, 6.07) is 12.5. The number of carbonyl (C=O) groups excluding carboxylic acids is 1. The molecule has 0 aliphatic carbocycles. The lowest BCUT2D eigenvalue weighted by Gasteiger charge is -2.17. The van der Waals surface area contributed by atoms with E-state index in [1.54, 1.807) is 23.9 Å². The van der Waals surface area contributed by atoms with Crippen molar-refractivity contribution in [2.45, 2.75) is 12.5 Å². The molecule has 1 atom stereocenters. The lowest BCUT2D eigenvalue weighted by atomic mass is 10.2. The molecule has 8 heteroatoms. The summed E-state index contributed by atoms with van der Waals surface area (Å²) in [5.41, 5.74) is 0.748. The number of nitrogens with one attached hydrogen (secondary N) is 1. The summed E-state index contributed by atoms with van der Waals surface area (Å²) < 4.78 is 7.41. The van der Waals surface area contributed by atoms with Gasteiger partial charge in [-0.2, -0.15) is 11.8 Å². The second kappa shape index (κ2) is 8.91. The molecule has 0 aliphatic heterocycles. The number of ether oxygens (including phenoxy) is 1. The molecule has 1 aromatic carbocycles. The van der Waals surface area contributed by atoms with Crippen LogP contribution < -0.4 is 10.1 Å². The van der Waals surface area contributed by atoms with Gasteiger partial charge in [0.15, 0.2) is 18.1 Å². The molecule has 0 saturated heterocycles. The number of pyridine rings is 1. The van der Waals surface area contributed by atoms with Crippen molar-refractivity contribution in [3.63, 3.8) is 0 Å². The summed E-state index contributed by atoms with van der Waals surface area (Å²) in [6.45, 7) is -0.115. The van der Waals surface area contributed by atoms with Gasteiger partial charge in [0.05, 0.1) is 11.1 Å². The third kappa shape index (κ3) is 4.47. The first-order chi connectivity index (χ1) is 12.7. The molecule has 0 saturated carbocycles. The van der Waals surface area contributed by atoms with Crippen LogP contribution in [0.4, 0.5) is 0 Å². The summed E-state index contributed by atoms with van der Waals surface area (Å²) in [6.07, 6.45) is 4.67. The Bertz CT molecular complexity index is 886. The van der Waals surface area contributed by atoms with Crippen molar-refractivity contribution < 1.29 is 9.53 Å². The molecule has 2 heterocycles. The van der Waals surface area contributed by atoms with Crippen LogP contribution in [-0.2, 0) is 4.79 Å². The summed E-state index contributed by atoms with van der Waals surface area (Å²) in [7, 11) is 0. The molecule has 26 heavy (non-hydrogen) atoms. The quantitative estimate of drug-likeness (QED) is 0.638. The molecule has 1 N–H and O–H groups in total. The fourth-order valence-corrected chi connectivity index (χ4v) is 3.20. The van der Waals surface area contributed by atoms with E-state index < -0.39 is 0 Å². The first kappa shape index (κ1) is 18.5. The van der Waals surface area contributed by atoms with Gasteiger partial charge in [0.25, 0.3) is 5.91 Å². The molecular formula is C18H19ClN4O2S. The molecule has 6 nitrogen and oxygen atoms in total. The second-order valence-corrected chi connectivity index (χ2v) is 7.00. The molecule has 0 spiro atoms. The number of carbonyl (C=O) groups is 1. The summed E-state index contributed by atoms with van der Waals surface area (Å²) in [5.74, 6) is 1.85. The Hall–Kier alpha value is -2.25. The number of nitrogens with zero attached hydrogens (tertiary/aromatic N) is 3. The maximum absolute atomic E-state index is 12.4. The zero-order valence-electron chi connectivity index (χ0n) is 14.3. The number of halogens is 1. The van der Waals surface area contributed by atoms with Gasteiger partial charge in [-0.1, -0.05) is 29.8 Å². The van der Waals surface area contributed by atoms with E-state index in [0.29, 0.717) is 16.6 Å². The van der Waals surface area contributed by atoms with Gasteiger partial charge in [0, 0.05) is 6.20 Å². The molecule has 3 rings (SSSR count). The van der Waals surface area contributed by atoms with Crippen molar-refractivity contribution in [1.29, 1.82) is 0 Å². The molecule has 1 amide bonds. The minimum atomic E-state index is -0.248. The average molecular weight is 391 g/mol. The Kier molecular flexibility index (Phi) is 6.35. The van der Waals surface area contributed by atoms with E-state index in [0.717, 1.165) is 17.8 Å². The van der Waals surface area contributed by atoms with Gasteiger partial charge >= 0.3 is 0 Å². The van der Waals surface area contributed by atoms with Crippen LogP contribution in [0.5, 0.6) is 5.75 Å². The Balaban J connectivity index is 1.70. The number of para-hydroxylation sites is 1. The van der Waals surface area contributed by atoms with Crippen molar-refractivity contribution >= 4 is 34.9 Å². The number of fused-ring (bicyclic) bond motifs is 1. The predicted octanol–water partition coefficient (Wildman–Crippen LogP) is 3.37. The Morgan fingerprint density at radius 2 is 2.08 bits per heavy atom. The lowest BCUT2D eigenvalue weighted by molar-refractivity contribution is -0.123. The molecular weight excluding hydrogens is 372 g/mol. The molecule has 0 aliphatic rings. The standard InChI is InChI=1S/C18H19ClN4O2S/c1-26-11-9-14(18-22-21-16-8-4-5-10-23(16)18)20-17(24)12-25-15-7-3-2-6-13(15)19/h2-8,10,14H,9,11-12H2,1H3,(H,20,24). The molecule has 1 unspecified atom stereocenters. The smallest absolute Gasteiger partial charge is 0.258 e. The van der Waals surface area contributed by atoms with Gasteiger partial charge in [-0.05, 0) is 42.7 Å². The van der Waals surface area contributed by atoms with Crippen LogP contribution in [0.15, 0.2) is 48.7 Å². The number of hydrogen-bond acceptors (Lipinski definition) is 5. The second-order valence-electron chi connectivity index (χ2n) is 5.61. The van der Waals surface area contributed by atoms with E-state index >= 15 is 0 Å². The summed E-state index contributed by atoms with van der Waals surface area (Å²) in [4.78, 5) is 12.4. The highest BCUT2D eigenvalue weighted by molar-refractivity contribution is 7.98. The molecule has 136 valence electrons. The predicted molar refractivity (Wildman–Crippen MR) is 104 cm³/mol. The molecule has 2 aromatic heterocycles. The van der Waals surface area contributed by atoms with E-state index in [1.807, 2.05) is 47.2 Å². The van der Waals surface area contributed by atoms with Crippen LogP contribution in [0.25, 0.3) is 5.65 Å². The lowest BCUT2D eigenvalue weighted by Crippen LogP contribution is -2.34. The monoisotopic (exact) mass is 390 g/mol. The van der Waals surface area contributed by atoms with Gasteiger partial charge < -0.3 is 10.1 Å². The number of rotatable bonds is 8. The van der Waals surface area contributed by atoms with Gasteiger partial charge in [-0.3, -0.25) is 9.20 Å². The van der Waals surface area contributed by atoms with Crippen LogP contribution in [0.2, 0.25) is 5.02 Å². The topological polar surface area (TPSA) is 68.5 Å². The van der Waals surface area contributed by atoms with E-state index in [-0.39, 0.29) is 18.6 Å². The molecule has 0 bridgehead atoms. The minimum absolute atomic E-state index is 0.115. The first-order valence-electron chi connectivity index (χ1n) is 8.14. The van der Waals surface area contributed by atoms with Crippen LogP contribution in [0.1, 0.15) is 18.3 Å². The van der Waals surface area contributed by atoms with Crippen molar-refractivity contribution in [3.05, 3.63) is 59.5 Å². The fraction of sp³-hybridized carbons (Fsp3) is 0.278. The summed E-state index contributed by atoms with van der Waals surface area (Å²) in [5, 5.41) is 11.9. The van der Waals surface area contributed by atoms with E-state index in [1.165, 1.54) is 0 Å². The normalized spacial score (nSPS) is 12.1. The maximum Gasteiger partial charge on any atom is 0.258 e. The third-order valence-corrected chi connectivity index (χ3v) is 4.75. The number of benzene rings is 1. The first-order valence-corrected chi connectivity index (χ1v) is 9.91. The minimum Gasteiger partial charge on any atom is -0.482 e.